The molecule has 0 aliphatic rings. The van der Waals surface area contributed by atoms with E-state index in [2.05, 4.69) is 25.6 Å². The van der Waals surface area contributed by atoms with Crippen molar-refractivity contribution in [1.29, 1.82) is 0 Å². The second-order valence-electron chi connectivity index (χ2n) is 7.67. The van der Waals surface area contributed by atoms with Crippen molar-refractivity contribution >= 4 is 51.7 Å². The molecule has 0 saturated carbocycles. The first-order valence-corrected chi connectivity index (χ1v) is 11.6. The summed E-state index contributed by atoms with van der Waals surface area (Å²) >= 11 is 12.7. The maximum Gasteiger partial charge on any atom is 0.287 e. The van der Waals surface area contributed by atoms with Gasteiger partial charge >= 0.3 is 0 Å². The van der Waals surface area contributed by atoms with Gasteiger partial charge in [-0.3, -0.25) is 14.7 Å². The highest BCUT2D eigenvalue weighted by atomic mass is 35.5. The summed E-state index contributed by atoms with van der Waals surface area (Å²) in [6, 6.07) is 16.0. The van der Waals surface area contributed by atoms with Crippen LogP contribution in [0, 0.1) is 10.1 Å². The molecule has 0 atom stereocenters. The van der Waals surface area contributed by atoms with E-state index in [4.69, 9.17) is 28.2 Å². The maximum absolute atomic E-state index is 10.8. The molecule has 5 rings (SSSR count). The number of rotatable bonds is 8. The van der Waals surface area contributed by atoms with Gasteiger partial charge in [-0.2, -0.15) is 0 Å². The Labute approximate surface area is 215 Å². The first kappa shape index (κ1) is 23.5. The van der Waals surface area contributed by atoms with Crippen LogP contribution in [0.4, 0.5) is 17.5 Å². The Balaban J connectivity index is 1.40. The van der Waals surface area contributed by atoms with Gasteiger partial charge in [0.15, 0.2) is 0 Å². The fourth-order valence-corrected chi connectivity index (χ4v) is 4.13. The fourth-order valence-electron chi connectivity index (χ4n) is 3.63. The zero-order chi connectivity index (χ0) is 25.1. The molecule has 0 bridgehead atoms. The van der Waals surface area contributed by atoms with E-state index >= 15 is 0 Å². The first-order chi connectivity index (χ1) is 17.5. The molecule has 0 saturated heterocycles. The molecular weight excluding hydrogens is 503 g/mol. The molecule has 5 aromatic rings. The molecule has 36 heavy (non-hydrogen) atoms. The van der Waals surface area contributed by atoms with Crippen molar-refractivity contribution in [2.75, 3.05) is 23.7 Å². The molecule has 0 aliphatic carbocycles. The minimum atomic E-state index is -0.490. The van der Waals surface area contributed by atoms with Crippen LogP contribution in [0.3, 0.4) is 0 Å². The molecule has 2 aromatic carbocycles. The largest absolute Gasteiger partial charge is 0.368 e. The summed E-state index contributed by atoms with van der Waals surface area (Å²) in [5.41, 5.74) is 3.72. The number of halogens is 2. The normalized spacial score (nSPS) is 10.9. The molecule has 0 unspecified atom stereocenters. The van der Waals surface area contributed by atoms with E-state index in [9.17, 15) is 10.1 Å². The number of nitro groups is 1. The molecule has 0 aliphatic heterocycles. The van der Waals surface area contributed by atoms with Gasteiger partial charge in [-0.25, -0.2) is 19.9 Å². The topological polar surface area (TPSA) is 124 Å². The van der Waals surface area contributed by atoms with Crippen LogP contribution in [0.5, 0.6) is 0 Å². The average Bonchev–Trinajstić information content (AvgIpc) is 3.31. The Kier molecular flexibility index (Phi) is 6.61. The predicted molar refractivity (Wildman–Crippen MR) is 140 cm³/mol. The molecule has 0 fully saturated rings. The van der Waals surface area contributed by atoms with E-state index in [-0.39, 0.29) is 5.69 Å². The van der Waals surface area contributed by atoms with E-state index in [1.165, 1.54) is 12.3 Å². The zero-order valence-electron chi connectivity index (χ0n) is 18.6. The summed E-state index contributed by atoms with van der Waals surface area (Å²) in [4.78, 5) is 28.0. The maximum atomic E-state index is 10.8. The molecule has 0 amide bonds. The summed E-state index contributed by atoms with van der Waals surface area (Å²) in [7, 11) is 0. The van der Waals surface area contributed by atoms with E-state index in [1.54, 1.807) is 30.7 Å². The van der Waals surface area contributed by atoms with Crippen LogP contribution in [0.25, 0.3) is 28.0 Å². The lowest BCUT2D eigenvalue weighted by atomic mass is 10.1. The number of nitrogens with zero attached hydrogens (tertiary/aromatic N) is 6. The van der Waals surface area contributed by atoms with Crippen molar-refractivity contribution in [1.82, 2.24) is 24.5 Å². The van der Waals surface area contributed by atoms with Crippen molar-refractivity contribution in [3.8, 4) is 16.9 Å². The van der Waals surface area contributed by atoms with Gasteiger partial charge in [-0.15, -0.1) is 0 Å². The van der Waals surface area contributed by atoms with Crippen LogP contribution >= 0.6 is 23.2 Å². The van der Waals surface area contributed by atoms with Gasteiger partial charge in [0.05, 0.1) is 32.9 Å². The number of nitrogens with one attached hydrogen (secondary N) is 2. The van der Waals surface area contributed by atoms with Gasteiger partial charge in [-0.1, -0.05) is 35.3 Å². The van der Waals surface area contributed by atoms with E-state index in [0.29, 0.717) is 51.8 Å². The second kappa shape index (κ2) is 10.1. The van der Waals surface area contributed by atoms with Crippen LogP contribution in [0.15, 0.2) is 73.3 Å². The molecule has 3 heterocycles. The molecule has 0 radical (unpaired) electrons. The Hall–Kier alpha value is -4.28. The van der Waals surface area contributed by atoms with Crippen LogP contribution in [-0.4, -0.2) is 42.5 Å². The number of pyridine rings is 1. The Morgan fingerprint density at radius 2 is 1.78 bits per heavy atom. The summed E-state index contributed by atoms with van der Waals surface area (Å²) in [5, 5.41) is 18.0. The zero-order valence-corrected chi connectivity index (χ0v) is 20.1. The van der Waals surface area contributed by atoms with Gasteiger partial charge in [0.25, 0.3) is 5.69 Å². The second-order valence-corrected chi connectivity index (χ2v) is 8.51. The molecule has 10 nitrogen and oxygen atoms in total. The third kappa shape index (κ3) is 4.90. The lowest BCUT2D eigenvalue weighted by Gasteiger charge is -2.14. The number of anilines is 2. The third-order valence-electron chi connectivity index (χ3n) is 5.34. The number of para-hydroxylation sites is 2. The standard InChI is InChI=1S/C24H18Cl2N8O2/c25-15-5-7-17(18(26)11-15)23-21(33-14-31-19-3-1-2-4-20(19)33)13-30-24(32-23)28-10-9-27-22-8-6-16(12-29-22)34(35)36/h1-8,11-14H,9-10H2,(H,27,29)(H,28,30,32). The number of hydrogen-bond donors (Lipinski definition) is 2. The lowest BCUT2D eigenvalue weighted by Crippen LogP contribution is -2.16. The molecule has 2 N–H and O–H groups in total. The smallest absolute Gasteiger partial charge is 0.287 e. The number of hydrogen-bond acceptors (Lipinski definition) is 8. The highest BCUT2D eigenvalue weighted by molar-refractivity contribution is 6.36. The highest BCUT2D eigenvalue weighted by Gasteiger charge is 2.16. The number of fused-ring (bicyclic) bond motifs is 1. The van der Waals surface area contributed by atoms with Crippen molar-refractivity contribution in [2.24, 2.45) is 0 Å². The predicted octanol–water partition coefficient (Wildman–Crippen LogP) is 5.62. The van der Waals surface area contributed by atoms with Crippen LogP contribution in [0.1, 0.15) is 0 Å². The van der Waals surface area contributed by atoms with Gasteiger partial charge in [0, 0.05) is 29.7 Å². The minimum Gasteiger partial charge on any atom is -0.368 e. The molecule has 12 heteroatoms. The summed E-state index contributed by atoms with van der Waals surface area (Å²) in [5.74, 6) is 0.932. The Morgan fingerprint density at radius 3 is 2.56 bits per heavy atom. The van der Waals surface area contributed by atoms with Crippen LogP contribution in [-0.2, 0) is 0 Å². The monoisotopic (exact) mass is 520 g/mol. The van der Waals surface area contributed by atoms with Gasteiger partial charge in [-0.05, 0) is 36.4 Å². The number of aromatic nitrogens is 5. The quantitative estimate of drug-likeness (QED) is 0.153. The van der Waals surface area contributed by atoms with E-state index < -0.39 is 4.92 Å². The van der Waals surface area contributed by atoms with Gasteiger partial charge in [0.2, 0.25) is 5.95 Å². The average molecular weight is 521 g/mol. The van der Waals surface area contributed by atoms with E-state index in [1.807, 2.05) is 34.9 Å². The third-order valence-corrected chi connectivity index (χ3v) is 5.89. The summed E-state index contributed by atoms with van der Waals surface area (Å²) < 4.78 is 1.92. The molecule has 3 aromatic heterocycles. The Bertz CT molecular complexity index is 1560. The molecular formula is C24H18Cl2N8O2. The van der Waals surface area contributed by atoms with Crippen LogP contribution in [0.2, 0.25) is 10.0 Å². The van der Waals surface area contributed by atoms with Crippen molar-refractivity contribution in [2.45, 2.75) is 0 Å². The van der Waals surface area contributed by atoms with Crippen molar-refractivity contribution in [3.63, 3.8) is 0 Å². The van der Waals surface area contributed by atoms with Gasteiger partial charge < -0.3 is 10.6 Å². The first-order valence-electron chi connectivity index (χ1n) is 10.8. The van der Waals surface area contributed by atoms with E-state index in [0.717, 1.165) is 11.0 Å². The minimum absolute atomic E-state index is 0.0637. The Morgan fingerprint density at radius 1 is 0.944 bits per heavy atom. The van der Waals surface area contributed by atoms with Crippen molar-refractivity contribution in [3.05, 3.63) is 93.5 Å². The van der Waals surface area contributed by atoms with Crippen LogP contribution < -0.4 is 10.6 Å². The lowest BCUT2D eigenvalue weighted by molar-refractivity contribution is -0.385. The highest BCUT2D eigenvalue weighted by Crippen LogP contribution is 2.34. The number of benzene rings is 2. The molecule has 180 valence electrons. The molecule has 0 spiro atoms. The van der Waals surface area contributed by atoms with Crippen molar-refractivity contribution < 1.29 is 4.92 Å². The fraction of sp³-hybridized carbons (Fsp3) is 0.0833. The van der Waals surface area contributed by atoms with Gasteiger partial charge in [0.1, 0.15) is 24.0 Å². The summed E-state index contributed by atoms with van der Waals surface area (Å²) in [6.45, 7) is 0.957. The number of imidazole rings is 1. The SMILES string of the molecule is O=[N+]([O-])c1ccc(NCCNc2ncc(-n3cnc4ccccc43)c(-c3ccc(Cl)cc3Cl)n2)nc1. The summed E-state index contributed by atoms with van der Waals surface area (Å²) in [6.07, 6.45) is 4.65.